The van der Waals surface area contributed by atoms with E-state index < -0.39 is 0 Å². The van der Waals surface area contributed by atoms with Crippen LogP contribution in [0.5, 0.6) is 0 Å². The Morgan fingerprint density at radius 3 is 3.06 bits per heavy atom. The van der Waals surface area contributed by atoms with E-state index in [0.717, 1.165) is 17.4 Å². The number of benzene rings is 1. The van der Waals surface area contributed by atoms with Crippen LogP contribution in [0.4, 0.5) is 0 Å². The van der Waals surface area contributed by atoms with Crippen molar-refractivity contribution >= 4 is 33.4 Å². The van der Waals surface area contributed by atoms with E-state index in [2.05, 4.69) is 26.6 Å². The number of carbonyl (C=O) groups is 1. The molecule has 0 bridgehead atoms. The summed E-state index contributed by atoms with van der Waals surface area (Å²) in [4.78, 5) is 11.9. The molecule has 1 aromatic carbocycles. The highest BCUT2D eigenvalue weighted by molar-refractivity contribution is 9.10. The second-order valence-electron chi connectivity index (χ2n) is 4.46. The lowest BCUT2D eigenvalue weighted by atomic mass is 10.1. The van der Waals surface area contributed by atoms with Crippen LogP contribution in [-0.4, -0.2) is 25.0 Å². The number of rotatable bonds is 4. The number of halogens is 2. The molecule has 1 fully saturated rings. The average Bonchev–Trinajstić information content (AvgIpc) is 2.81. The van der Waals surface area contributed by atoms with Crippen molar-refractivity contribution in [2.24, 2.45) is 0 Å². The van der Waals surface area contributed by atoms with Crippen molar-refractivity contribution in [2.45, 2.75) is 25.3 Å². The lowest BCUT2D eigenvalue weighted by molar-refractivity contribution is 0.0952. The molecule has 1 aromatic rings. The predicted molar refractivity (Wildman–Crippen MR) is 77.1 cm³/mol. The van der Waals surface area contributed by atoms with Gasteiger partial charge in [-0.3, -0.25) is 4.79 Å². The molecule has 0 unspecified atom stereocenters. The van der Waals surface area contributed by atoms with Gasteiger partial charge in [0.25, 0.3) is 5.91 Å². The maximum Gasteiger partial charge on any atom is 0.252 e. The second kappa shape index (κ2) is 6.55. The summed E-state index contributed by atoms with van der Waals surface area (Å²) in [6.45, 7) is 1.78. The zero-order chi connectivity index (χ0) is 13.0. The summed E-state index contributed by atoms with van der Waals surface area (Å²) in [5.41, 5.74) is 0.527. The molecule has 0 aromatic heterocycles. The van der Waals surface area contributed by atoms with Crippen molar-refractivity contribution < 1.29 is 4.79 Å². The Labute approximate surface area is 120 Å². The van der Waals surface area contributed by atoms with Crippen LogP contribution in [0.2, 0.25) is 5.02 Å². The van der Waals surface area contributed by atoms with Crippen molar-refractivity contribution in [3.63, 3.8) is 0 Å². The first-order chi connectivity index (χ1) is 8.66. The van der Waals surface area contributed by atoms with Gasteiger partial charge >= 0.3 is 0 Å². The van der Waals surface area contributed by atoms with E-state index in [1.807, 2.05) is 6.07 Å². The fourth-order valence-corrected chi connectivity index (χ4v) is 2.89. The summed E-state index contributed by atoms with van der Waals surface area (Å²) in [5, 5.41) is 6.79. The lowest BCUT2D eigenvalue weighted by Crippen LogP contribution is -2.30. The van der Waals surface area contributed by atoms with E-state index in [9.17, 15) is 4.79 Å². The molecule has 3 nitrogen and oxygen atoms in total. The Morgan fingerprint density at radius 2 is 2.39 bits per heavy atom. The normalized spacial score (nSPS) is 18.9. The SMILES string of the molecule is O=C(NCC[C@H]1CCCN1)c1ccc(Br)cc1Cl. The first-order valence-electron chi connectivity index (χ1n) is 6.13. The molecule has 18 heavy (non-hydrogen) atoms. The van der Waals surface area contributed by atoms with Crippen LogP contribution in [0.25, 0.3) is 0 Å². The Morgan fingerprint density at radius 1 is 1.56 bits per heavy atom. The van der Waals surface area contributed by atoms with Gasteiger partial charge in [0.05, 0.1) is 10.6 Å². The van der Waals surface area contributed by atoms with Crippen LogP contribution < -0.4 is 10.6 Å². The third-order valence-corrected chi connectivity index (χ3v) is 3.92. The second-order valence-corrected chi connectivity index (χ2v) is 5.78. The summed E-state index contributed by atoms with van der Waals surface area (Å²) < 4.78 is 0.874. The van der Waals surface area contributed by atoms with E-state index in [-0.39, 0.29) is 5.91 Å². The minimum Gasteiger partial charge on any atom is -0.352 e. The lowest BCUT2D eigenvalue weighted by Gasteiger charge is -2.11. The van der Waals surface area contributed by atoms with Gasteiger partial charge in [-0.1, -0.05) is 27.5 Å². The molecule has 1 aliphatic heterocycles. The quantitative estimate of drug-likeness (QED) is 0.890. The van der Waals surface area contributed by atoms with Gasteiger partial charge in [0.1, 0.15) is 0 Å². The van der Waals surface area contributed by atoms with Gasteiger partial charge in [-0.2, -0.15) is 0 Å². The van der Waals surface area contributed by atoms with Crippen LogP contribution in [-0.2, 0) is 0 Å². The zero-order valence-electron chi connectivity index (χ0n) is 10.0. The number of carbonyl (C=O) groups excluding carboxylic acids is 1. The van der Waals surface area contributed by atoms with Crippen molar-refractivity contribution in [3.05, 3.63) is 33.3 Å². The van der Waals surface area contributed by atoms with Gasteiger partial charge < -0.3 is 10.6 Å². The fourth-order valence-electron chi connectivity index (χ4n) is 2.13. The monoisotopic (exact) mass is 330 g/mol. The predicted octanol–water partition coefficient (Wildman–Crippen LogP) is 2.97. The molecule has 1 amide bonds. The van der Waals surface area contributed by atoms with Gasteiger partial charge in [0.2, 0.25) is 0 Å². The third kappa shape index (κ3) is 3.70. The zero-order valence-corrected chi connectivity index (χ0v) is 12.4. The highest BCUT2D eigenvalue weighted by Crippen LogP contribution is 2.21. The standard InChI is InChI=1S/C13H16BrClN2O/c14-9-3-4-11(12(15)8-9)13(18)17-7-5-10-2-1-6-16-10/h3-4,8,10,16H,1-2,5-7H2,(H,17,18)/t10-/m1/s1. The third-order valence-electron chi connectivity index (χ3n) is 3.12. The smallest absolute Gasteiger partial charge is 0.252 e. The maximum absolute atomic E-state index is 11.9. The van der Waals surface area contributed by atoms with E-state index >= 15 is 0 Å². The number of amides is 1. The van der Waals surface area contributed by atoms with Gasteiger partial charge in [0.15, 0.2) is 0 Å². The van der Waals surface area contributed by atoms with Crippen molar-refractivity contribution in [1.29, 1.82) is 0 Å². The first kappa shape index (κ1) is 13.8. The minimum absolute atomic E-state index is 0.106. The van der Waals surface area contributed by atoms with Gasteiger partial charge in [0, 0.05) is 17.1 Å². The Kier molecular flexibility index (Phi) is 5.03. The molecule has 0 saturated carbocycles. The summed E-state index contributed by atoms with van der Waals surface area (Å²) in [5.74, 6) is -0.106. The van der Waals surface area contributed by atoms with Crippen LogP contribution in [0.3, 0.4) is 0 Å². The summed E-state index contributed by atoms with van der Waals surface area (Å²) in [6, 6.07) is 5.83. The highest BCUT2D eigenvalue weighted by Gasteiger charge is 2.15. The number of hydrogen-bond donors (Lipinski definition) is 2. The van der Waals surface area contributed by atoms with E-state index in [4.69, 9.17) is 11.6 Å². The fraction of sp³-hybridized carbons (Fsp3) is 0.462. The molecule has 2 N–H and O–H groups in total. The first-order valence-corrected chi connectivity index (χ1v) is 7.30. The van der Waals surface area contributed by atoms with Crippen molar-refractivity contribution in [2.75, 3.05) is 13.1 Å². The van der Waals surface area contributed by atoms with Crippen LogP contribution >= 0.6 is 27.5 Å². The molecule has 1 atom stereocenters. The topological polar surface area (TPSA) is 41.1 Å². The molecule has 1 aliphatic rings. The average molecular weight is 332 g/mol. The molecule has 0 spiro atoms. The van der Waals surface area contributed by atoms with E-state index in [1.54, 1.807) is 12.1 Å². The highest BCUT2D eigenvalue weighted by atomic mass is 79.9. The summed E-state index contributed by atoms with van der Waals surface area (Å²) in [7, 11) is 0. The Hall–Kier alpha value is -0.580. The maximum atomic E-state index is 11.9. The van der Waals surface area contributed by atoms with Gasteiger partial charge in [-0.05, 0) is 44.0 Å². The van der Waals surface area contributed by atoms with E-state index in [0.29, 0.717) is 23.2 Å². The van der Waals surface area contributed by atoms with E-state index in [1.165, 1.54) is 12.8 Å². The molecule has 1 saturated heterocycles. The van der Waals surface area contributed by atoms with Gasteiger partial charge in [-0.25, -0.2) is 0 Å². The molecular weight excluding hydrogens is 316 g/mol. The van der Waals surface area contributed by atoms with Crippen LogP contribution in [0.15, 0.2) is 22.7 Å². The van der Waals surface area contributed by atoms with Crippen LogP contribution in [0, 0.1) is 0 Å². The van der Waals surface area contributed by atoms with Gasteiger partial charge in [-0.15, -0.1) is 0 Å². The van der Waals surface area contributed by atoms with Crippen LogP contribution in [0.1, 0.15) is 29.6 Å². The summed E-state index contributed by atoms with van der Waals surface area (Å²) in [6.07, 6.45) is 3.41. The molecule has 5 heteroatoms. The number of nitrogens with one attached hydrogen (secondary N) is 2. The largest absolute Gasteiger partial charge is 0.352 e. The molecule has 0 aliphatic carbocycles. The molecular formula is C13H16BrClN2O. The Bertz CT molecular complexity index is 433. The molecule has 1 heterocycles. The van der Waals surface area contributed by atoms with Crippen molar-refractivity contribution in [3.8, 4) is 0 Å². The molecule has 98 valence electrons. The molecule has 0 radical (unpaired) electrons. The summed E-state index contributed by atoms with van der Waals surface area (Å²) >= 11 is 9.35. The minimum atomic E-state index is -0.106. The van der Waals surface area contributed by atoms with Crippen molar-refractivity contribution in [1.82, 2.24) is 10.6 Å². The Balaban J connectivity index is 1.83. The number of hydrogen-bond acceptors (Lipinski definition) is 2. The molecule has 2 rings (SSSR count).